The molecule has 3 nitrogen and oxygen atoms in total. The fourth-order valence-electron chi connectivity index (χ4n) is 2.45. The van der Waals surface area contributed by atoms with E-state index in [1.165, 1.54) is 0 Å². The molecule has 0 aliphatic carbocycles. The summed E-state index contributed by atoms with van der Waals surface area (Å²) in [6.45, 7) is 2.72. The van der Waals surface area contributed by atoms with Crippen LogP contribution < -0.4 is 10.6 Å². The number of rotatable bonds is 6. The molecule has 0 radical (unpaired) electrons. The molecule has 1 aliphatic heterocycles. The van der Waals surface area contributed by atoms with Gasteiger partial charge in [-0.1, -0.05) is 0 Å². The van der Waals surface area contributed by atoms with Gasteiger partial charge in [0.15, 0.2) is 0 Å². The number of carbonyl (C=O) groups excluding carboxylic acids is 1. The van der Waals surface area contributed by atoms with E-state index in [-0.39, 0.29) is 24.3 Å². The van der Waals surface area contributed by atoms with Crippen molar-refractivity contribution in [3.8, 4) is 0 Å². The highest BCUT2D eigenvalue weighted by Crippen LogP contribution is 2.12. The number of hydrogen-bond donors (Lipinski definition) is 2. The van der Waals surface area contributed by atoms with Crippen LogP contribution in [0.3, 0.4) is 0 Å². The van der Waals surface area contributed by atoms with Crippen molar-refractivity contribution in [1.29, 1.82) is 0 Å². The maximum Gasteiger partial charge on any atom is 0.220 e. The van der Waals surface area contributed by atoms with E-state index in [0.29, 0.717) is 12.5 Å². The Balaban J connectivity index is 1.67. The summed E-state index contributed by atoms with van der Waals surface area (Å²) < 4.78 is 26.3. The number of benzene rings is 1. The molecule has 1 aromatic carbocycles. The predicted octanol–water partition coefficient (Wildman–Crippen LogP) is 2.01. The van der Waals surface area contributed by atoms with Crippen LogP contribution in [0.2, 0.25) is 0 Å². The van der Waals surface area contributed by atoms with Crippen LogP contribution in [0.5, 0.6) is 0 Å². The van der Waals surface area contributed by atoms with E-state index in [9.17, 15) is 13.6 Å². The van der Waals surface area contributed by atoms with Gasteiger partial charge in [-0.2, -0.15) is 0 Å². The second-order valence-corrected chi connectivity index (χ2v) is 5.23. The summed E-state index contributed by atoms with van der Waals surface area (Å²) >= 11 is 0. The molecule has 2 rings (SSSR count). The van der Waals surface area contributed by atoms with Crippen molar-refractivity contribution in [3.05, 3.63) is 35.4 Å². The van der Waals surface area contributed by atoms with Gasteiger partial charge in [-0.3, -0.25) is 4.79 Å². The lowest BCUT2D eigenvalue weighted by Gasteiger charge is -2.09. The molecule has 1 aliphatic rings. The van der Waals surface area contributed by atoms with Gasteiger partial charge in [0, 0.05) is 13.0 Å². The normalized spacial score (nSPS) is 18.2. The second kappa shape index (κ2) is 7.33. The zero-order chi connectivity index (χ0) is 14.4. The van der Waals surface area contributed by atoms with Crippen molar-refractivity contribution in [3.63, 3.8) is 0 Å². The van der Waals surface area contributed by atoms with E-state index in [0.717, 1.165) is 44.1 Å². The molecule has 1 atom stereocenters. The first-order valence-electron chi connectivity index (χ1n) is 7.06. The van der Waals surface area contributed by atoms with Crippen molar-refractivity contribution in [2.24, 2.45) is 5.92 Å². The molecule has 1 amide bonds. The molecule has 2 N–H and O–H groups in total. The Kier molecular flexibility index (Phi) is 5.47. The van der Waals surface area contributed by atoms with Gasteiger partial charge in [-0.25, -0.2) is 8.78 Å². The smallest absolute Gasteiger partial charge is 0.220 e. The number of amides is 1. The monoisotopic (exact) mass is 282 g/mol. The van der Waals surface area contributed by atoms with Crippen LogP contribution in [0.15, 0.2) is 18.2 Å². The molecule has 0 bridgehead atoms. The molecule has 0 saturated carbocycles. The van der Waals surface area contributed by atoms with Gasteiger partial charge in [0.2, 0.25) is 5.91 Å². The lowest BCUT2D eigenvalue weighted by atomic mass is 10.1. The molecule has 1 aromatic rings. The van der Waals surface area contributed by atoms with Gasteiger partial charge in [0.05, 0.1) is 0 Å². The fourth-order valence-corrected chi connectivity index (χ4v) is 2.45. The predicted molar refractivity (Wildman–Crippen MR) is 73.3 cm³/mol. The van der Waals surface area contributed by atoms with Gasteiger partial charge in [0.25, 0.3) is 0 Å². The van der Waals surface area contributed by atoms with E-state index < -0.39 is 11.6 Å². The van der Waals surface area contributed by atoms with E-state index >= 15 is 0 Å². The minimum absolute atomic E-state index is 0.111. The summed E-state index contributed by atoms with van der Waals surface area (Å²) in [6.07, 6.45) is 2.53. The lowest BCUT2D eigenvalue weighted by Crippen LogP contribution is -2.26. The maximum atomic E-state index is 13.4. The van der Waals surface area contributed by atoms with Crippen molar-refractivity contribution in [1.82, 2.24) is 10.6 Å². The largest absolute Gasteiger partial charge is 0.356 e. The van der Waals surface area contributed by atoms with Crippen molar-refractivity contribution in [2.75, 3.05) is 19.6 Å². The van der Waals surface area contributed by atoms with Crippen LogP contribution in [0.25, 0.3) is 0 Å². The van der Waals surface area contributed by atoms with Crippen LogP contribution >= 0.6 is 0 Å². The van der Waals surface area contributed by atoms with Crippen LogP contribution in [0.4, 0.5) is 8.78 Å². The zero-order valence-corrected chi connectivity index (χ0v) is 11.4. The van der Waals surface area contributed by atoms with Gasteiger partial charge in [-0.05, 0) is 62.0 Å². The Labute approximate surface area is 117 Å². The van der Waals surface area contributed by atoms with Gasteiger partial charge in [-0.15, -0.1) is 0 Å². The maximum absolute atomic E-state index is 13.4. The summed E-state index contributed by atoms with van der Waals surface area (Å²) in [7, 11) is 0. The first-order valence-corrected chi connectivity index (χ1v) is 7.06. The molecule has 1 fully saturated rings. The van der Waals surface area contributed by atoms with Crippen LogP contribution in [-0.2, 0) is 11.2 Å². The van der Waals surface area contributed by atoms with E-state index in [4.69, 9.17) is 0 Å². The van der Waals surface area contributed by atoms with Crippen molar-refractivity contribution in [2.45, 2.75) is 25.7 Å². The fraction of sp³-hybridized carbons (Fsp3) is 0.533. The first kappa shape index (κ1) is 14.9. The second-order valence-electron chi connectivity index (χ2n) is 5.23. The summed E-state index contributed by atoms with van der Waals surface area (Å²) in [5.74, 6) is -0.414. The minimum Gasteiger partial charge on any atom is -0.356 e. The zero-order valence-electron chi connectivity index (χ0n) is 11.4. The lowest BCUT2D eigenvalue weighted by molar-refractivity contribution is -0.121. The standard InChI is InChI=1S/C15H20F2N2O/c16-13-2-3-14(17)12(9-13)1-4-15(20)19-8-6-11-5-7-18-10-11/h2-3,9,11,18H,1,4-8,10H2,(H,19,20). The molecule has 1 unspecified atom stereocenters. The summed E-state index contributed by atoms with van der Waals surface area (Å²) in [6, 6.07) is 3.32. The quantitative estimate of drug-likeness (QED) is 0.838. The van der Waals surface area contributed by atoms with Crippen LogP contribution in [0, 0.1) is 17.6 Å². The topological polar surface area (TPSA) is 41.1 Å². The Hall–Kier alpha value is -1.49. The third kappa shape index (κ3) is 4.56. The van der Waals surface area contributed by atoms with Crippen molar-refractivity contribution >= 4 is 5.91 Å². The Bertz CT molecular complexity index is 459. The molecular formula is C15H20F2N2O. The number of aryl methyl sites for hydroxylation is 1. The molecule has 1 saturated heterocycles. The molecule has 0 spiro atoms. The highest BCUT2D eigenvalue weighted by Gasteiger charge is 2.14. The van der Waals surface area contributed by atoms with Gasteiger partial charge < -0.3 is 10.6 Å². The number of halogens is 2. The Morgan fingerprint density at radius 2 is 2.25 bits per heavy atom. The Morgan fingerprint density at radius 1 is 1.40 bits per heavy atom. The molecule has 0 aromatic heterocycles. The van der Waals surface area contributed by atoms with Gasteiger partial charge >= 0.3 is 0 Å². The average Bonchev–Trinajstić information content (AvgIpc) is 2.93. The van der Waals surface area contributed by atoms with Crippen molar-refractivity contribution < 1.29 is 13.6 Å². The Morgan fingerprint density at radius 3 is 3.00 bits per heavy atom. The van der Waals surface area contributed by atoms with E-state index in [1.54, 1.807) is 0 Å². The molecular weight excluding hydrogens is 262 g/mol. The number of hydrogen-bond acceptors (Lipinski definition) is 2. The van der Waals surface area contributed by atoms with Crippen LogP contribution in [-0.4, -0.2) is 25.5 Å². The summed E-state index contributed by atoms with van der Waals surface area (Å²) in [5, 5.41) is 6.11. The summed E-state index contributed by atoms with van der Waals surface area (Å²) in [5.41, 5.74) is 0.250. The highest BCUT2D eigenvalue weighted by molar-refractivity contribution is 5.76. The highest BCUT2D eigenvalue weighted by atomic mass is 19.1. The average molecular weight is 282 g/mol. The van der Waals surface area contributed by atoms with E-state index in [2.05, 4.69) is 10.6 Å². The van der Waals surface area contributed by atoms with E-state index in [1.807, 2.05) is 0 Å². The molecule has 1 heterocycles. The van der Waals surface area contributed by atoms with Crippen LogP contribution in [0.1, 0.15) is 24.8 Å². The summed E-state index contributed by atoms with van der Waals surface area (Å²) in [4.78, 5) is 11.6. The van der Waals surface area contributed by atoms with Gasteiger partial charge in [0.1, 0.15) is 11.6 Å². The molecule has 5 heteroatoms. The minimum atomic E-state index is -0.476. The molecule has 20 heavy (non-hydrogen) atoms. The number of carbonyl (C=O) groups is 1. The third-order valence-electron chi connectivity index (χ3n) is 3.67. The molecule has 110 valence electrons. The first-order chi connectivity index (χ1) is 9.65. The third-order valence-corrected chi connectivity index (χ3v) is 3.67. The number of nitrogens with one attached hydrogen (secondary N) is 2. The SMILES string of the molecule is O=C(CCc1cc(F)ccc1F)NCCC1CCNC1.